The molecule has 150 valence electrons. The summed E-state index contributed by atoms with van der Waals surface area (Å²) in [6, 6.07) is 4.60. The quantitative estimate of drug-likeness (QED) is 0.526. The number of carbonyl (C=O) groups excluding carboxylic acids is 1. The number of rotatable bonds is 8. The third-order valence-electron chi connectivity index (χ3n) is 5.86. The zero-order chi connectivity index (χ0) is 19.3. The van der Waals surface area contributed by atoms with E-state index >= 15 is 0 Å². The molecular formula is C20H32N4O2S. The van der Waals surface area contributed by atoms with Crippen LogP contribution in [-0.2, 0) is 16.0 Å². The Hall–Kier alpha value is -1.60. The molecule has 0 saturated heterocycles. The molecule has 2 aliphatic carbocycles. The van der Waals surface area contributed by atoms with Crippen LogP contribution >= 0.6 is 11.3 Å². The van der Waals surface area contributed by atoms with Crippen molar-refractivity contribution in [3.8, 4) is 0 Å². The molecule has 1 heterocycles. The number of ether oxygens (including phenoxy) is 1. The molecule has 2 atom stereocenters. The standard InChI is InChI=1S/C20H32N4O2S/c1-4-26-17-13-16(20(17)9-6-10-20)23-19(22-14-18(25)24(2)3)21-11-8-15-7-5-12-27-15/h5,7,12,16-17H,4,6,8-11,13-14H2,1-3H3,(H2,21,22,23). The number of aliphatic imine (C=N–C) groups is 1. The van der Waals surface area contributed by atoms with Crippen LogP contribution in [0.3, 0.4) is 0 Å². The second kappa shape index (κ2) is 9.06. The van der Waals surface area contributed by atoms with Gasteiger partial charge in [0.2, 0.25) is 5.91 Å². The normalized spacial score (nSPS) is 23.4. The van der Waals surface area contributed by atoms with Crippen molar-refractivity contribution in [1.82, 2.24) is 15.5 Å². The maximum Gasteiger partial charge on any atom is 0.243 e. The number of likely N-dealkylation sites (N-methyl/N-ethyl adjacent to an activating group) is 1. The van der Waals surface area contributed by atoms with Crippen LogP contribution in [0.25, 0.3) is 0 Å². The summed E-state index contributed by atoms with van der Waals surface area (Å²) >= 11 is 1.77. The average molecular weight is 393 g/mol. The van der Waals surface area contributed by atoms with Crippen molar-refractivity contribution in [3.63, 3.8) is 0 Å². The van der Waals surface area contributed by atoms with Crippen LogP contribution in [0, 0.1) is 5.41 Å². The zero-order valence-corrected chi connectivity index (χ0v) is 17.5. The summed E-state index contributed by atoms with van der Waals surface area (Å²) < 4.78 is 5.95. The fourth-order valence-electron chi connectivity index (χ4n) is 4.01. The predicted molar refractivity (Wildman–Crippen MR) is 110 cm³/mol. The largest absolute Gasteiger partial charge is 0.378 e. The number of carbonyl (C=O) groups is 1. The molecular weight excluding hydrogens is 360 g/mol. The van der Waals surface area contributed by atoms with Gasteiger partial charge in [-0.15, -0.1) is 11.3 Å². The highest BCUT2D eigenvalue weighted by molar-refractivity contribution is 7.09. The number of guanidine groups is 1. The van der Waals surface area contributed by atoms with E-state index in [1.54, 1.807) is 30.3 Å². The van der Waals surface area contributed by atoms with Gasteiger partial charge in [0.05, 0.1) is 6.10 Å². The molecule has 27 heavy (non-hydrogen) atoms. The Morgan fingerprint density at radius 2 is 2.26 bits per heavy atom. The molecule has 2 saturated carbocycles. The summed E-state index contributed by atoms with van der Waals surface area (Å²) in [4.78, 5) is 19.4. The van der Waals surface area contributed by atoms with E-state index in [4.69, 9.17) is 4.74 Å². The van der Waals surface area contributed by atoms with Gasteiger partial charge in [-0.1, -0.05) is 12.5 Å². The van der Waals surface area contributed by atoms with Crippen LogP contribution in [-0.4, -0.2) is 62.7 Å². The fraction of sp³-hybridized carbons (Fsp3) is 0.700. The number of hydrogen-bond acceptors (Lipinski definition) is 4. The highest BCUT2D eigenvalue weighted by Gasteiger charge is 2.59. The topological polar surface area (TPSA) is 66.0 Å². The van der Waals surface area contributed by atoms with Gasteiger partial charge < -0.3 is 20.3 Å². The predicted octanol–water partition coefficient (Wildman–Crippen LogP) is 2.26. The summed E-state index contributed by atoms with van der Waals surface area (Å²) in [7, 11) is 3.52. The van der Waals surface area contributed by atoms with Crippen molar-refractivity contribution in [2.45, 2.75) is 51.2 Å². The Morgan fingerprint density at radius 3 is 2.85 bits per heavy atom. The van der Waals surface area contributed by atoms with Gasteiger partial charge in [-0.05, 0) is 44.1 Å². The van der Waals surface area contributed by atoms with E-state index < -0.39 is 0 Å². The van der Waals surface area contributed by atoms with Crippen molar-refractivity contribution in [1.29, 1.82) is 0 Å². The van der Waals surface area contributed by atoms with Gasteiger partial charge in [0.15, 0.2) is 5.96 Å². The molecule has 1 spiro atoms. The molecule has 6 nitrogen and oxygen atoms in total. The van der Waals surface area contributed by atoms with Gasteiger partial charge in [-0.2, -0.15) is 0 Å². The van der Waals surface area contributed by atoms with Crippen molar-refractivity contribution in [2.24, 2.45) is 10.4 Å². The summed E-state index contributed by atoms with van der Waals surface area (Å²) in [5.41, 5.74) is 0.262. The van der Waals surface area contributed by atoms with Crippen molar-refractivity contribution in [3.05, 3.63) is 22.4 Å². The molecule has 1 aromatic heterocycles. The number of amides is 1. The van der Waals surface area contributed by atoms with Crippen molar-refractivity contribution < 1.29 is 9.53 Å². The maximum atomic E-state index is 12.0. The summed E-state index contributed by atoms with van der Waals surface area (Å²) in [6.45, 7) is 3.81. The summed E-state index contributed by atoms with van der Waals surface area (Å²) in [5.74, 6) is 0.751. The monoisotopic (exact) mass is 392 g/mol. The molecule has 2 unspecified atom stereocenters. The number of hydrogen-bond donors (Lipinski definition) is 2. The molecule has 3 rings (SSSR count). The van der Waals surface area contributed by atoms with Crippen molar-refractivity contribution in [2.75, 3.05) is 33.8 Å². The average Bonchev–Trinajstić information content (AvgIpc) is 3.09. The zero-order valence-electron chi connectivity index (χ0n) is 16.7. The van der Waals surface area contributed by atoms with Crippen molar-refractivity contribution >= 4 is 23.2 Å². The first kappa shape index (κ1) is 20.1. The minimum absolute atomic E-state index is 0.00789. The lowest BCUT2D eigenvalue weighted by atomic mass is 9.51. The molecule has 7 heteroatoms. The Labute approximate surface area is 166 Å². The van der Waals surface area contributed by atoms with Crippen LogP contribution in [0.1, 0.15) is 37.5 Å². The van der Waals surface area contributed by atoms with Crippen LogP contribution in [0.4, 0.5) is 0 Å². The molecule has 0 aliphatic heterocycles. The number of nitrogens with zero attached hydrogens (tertiary/aromatic N) is 2. The highest BCUT2D eigenvalue weighted by Crippen LogP contribution is 2.57. The smallest absolute Gasteiger partial charge is 0.243 e. The molecule has 2 aliphatic rings. The van der Waals surface area contributed by atoms with E-state index in [1.807, 2.05) is 0 Å². The van der Waals surface area contributed by atoms with Gasteiger partial charge in [-0.25, -0.2) is 4.99 Å². The molecule has 2 fully saturated rings. The Balaban J connectivity index is 1.59. The molecule has 0 aromatic carbocycles. The lowest BCUT2D eigenvalue weighted by Gasteiger charge is -2.61. The first-order valence-corrected chi connectivity index (χ1v) is 10.8. The van der Waals surface area contributed by atoms with Gasteiger partial charge in [-0.3, -0.25) is 4.79 Å². The summed E-state index contributed by atoms with van der Waals surface area (Å²) in [5, 5.41) is 9.12. The molecule has 0 radical (unpaired) electrons. The Bertz CT molecular complexity index is 640. The molecule has 2 N–H and O–H groups in total. The highest BCUT2D eigenvalue weighted by atomic mass is 32.1. The third-order valence-corrected chi connectivity index (χ3v) is 6.80. The summed E-state index contributed by atoms with van der Waals surface area (Å²) in [6.07, 6.45) is 6.05. The van der Waals surface area contributed by atoms with E-state index in [0.717, 1.165) is 32.0 Å². The van der Waals surface area contributed by atoms with E-state index in [-0.39, 0.29) is 17.9 Å². The minimum Gasteiger partial charge on any atom is -0.378 e. The van der Waals surface area contributed by atoms with Crippen LogP contribution in [0.5, 0.6) is 0 Å². The van der Waals surface area contributed by atoms with Crippen LogP contribution in [0.15, 0.2) is 22.5 Å². The van der Waals surface area contributed by atoms with E-state index in [2.05, 4.69) is 40.1 Å². The lowest BCUT2D eigenvalue weighted by molar-refractivity contribution is -0.168. The number of nitrogens with one attached hydrogen (secondary N) is 2. The van der Waals surface area contributed by atoms with Crippen LogP contribution < -0.4 is 10.6 Å². The first-order chi connectivity index (χ1) is 13.0. The first-order valence-electron chi connectivity index (χ1n) is 9.94. The fourth-order valence-corrected chi connectivity index (χ4v) is 4.71. The van der Waals surface area contributed by atoms with E-state index in [9.17, 15) is 4.79 Å². The van der Waals surface area contributed by atoms with Crippen LogP contribution in [0.2, 0.25) is 0 Å². The van der Waals surface area contributed by atoms with Gasteiger partial charge >= 0.3 is 0 Å². The second-order valence-electron chi connectivity index (χ2n) is 7.67. The lowest BCUT2D eigenvalue weighted by Crippen LogP contribution is -2.68. The number of thiophene rings is 1. The van der Waals surface area contributed by atoms with Gasteiger partial charge in [0.1, 0.15) is 6.54 Å². The molecule has 0 bridgehead atoms. The Kier molecular flexibility index (Phi) is 6.76. The minimum atomic E-state index is 0.00789. The van der Waals surface area contributed by atoms with E-state index in [0.29, 0.717) is 12.1 Å². The third kappa shape index (κ3) is 4.63. The van der Waals surface area contributed by atoms with Gasteiger partial charge in [0.25, 0.3) is 0 Å². The second-order valence-corrected chi connectivity index (χ2v) is 8.70. The van der Waals surface area contributed by atoms with E-state index in [1.165, 1.54) is 24.1 Å². The Morgan fingerprint density at radius 1 is 1.44 bits per heavy atom. The molecule has 1 aromatic rings. The SMILES string of the molecule is CCOC1CC(NC(=NCC(=O)N(C)C)NCCc2cccs2)C12CCC2. The molecule has 1 amide bonds. The van der Waals surface area contributed by atoms with Gasteiger partial charge in [0, 0.05) is 43.6 Å². The maximum absolute atomic E-state index is 12.0.